The molecule has 2 aromatic heterocycles. The van der Waals surface area contributed by atoms with Crippen LogP contribution in [0.3, 0.4) is 0 Å². The van der Waals surface area contributed by atoms with Gasteiger partial charge in [-0.1, -0.05) is 0 Å². The van der Waals surface area contributed by atoms with Gasteiger partial charge in [-0.2, -0.15) is 0 Å². The van der Waals surface area contributed by atoms with Gasteiger partial charge < -0.3 is 9.55 Å². The van der Waals surface area contributed by atoms with Crippen LogP contribution in [0.5, 0.6) is 0 Å². The summed E-state index contributed by atoms with van der Waals surface area (Å²) in [6, 6.07) is 0. The molecule has 0 aliphatic rings. The Morgan fingerprint density at radius 2 is 1.62 bits per heavy atom. The van der Waals surface area contributed by atoms with Crippen molar-refractivity contribution in [2.75, 3.05) is 0 Å². The summed E-state index contributed by atoms with van der Waals surface area (Å²) in [6.07, 6.45) is 0. The summed E-state index contributed by atoms with van der Waals surface area (Å²) >= 11 is 5.00. The van der Waals surface area contributed by atoms with Crippen molar-refractivity contribution in [2.24, 2.45) is 21.1 Å². The van der Waals surface area contributed by atoms with E-state index in [-0.39, 0.29) is 23.7 Å². The summed E-state index contributed by atoms with van der Waals surface area (Å²) in [4.78, 5) is 26.2. The van der Waals surface area contributed by atoms with E-state index >= 15 is 0 Å². The zero-order chi connectivity index (χ0) is 11.3. The lowest BCUT2D eigenvalue weighted by atomic mass is 10.5. The molecule has 0 atom stereocenters. The van der Waals surface area contributed by atoms with Crippen molar-refractivity contribution in [1.29, 1.82) is 0 Å². The Bertz CT molecular complexity index is 720. The summed E-state index contributed by atoms with van der Waals surface area (Å²) in [5.41, 5.74) is 0.146. The summed E-state index contributed by atoms with van der Waals surface area (Å²) in [5.74, 6) is 0. The van der Waals surface area contributed by atoms with E-state index in [1.165, 1.54) is 11.6 Å². The van der Waals surface area contributed by atoms with Gasteiger partial charge in [-0.25, -0.2) is 4.79 Å². The van der Waals surface area contributed by atoms with Gasteiger partial charge in [0.2, 0.25) is 0 Å². The molecule has 2 heterocycles. The number of hydrogen-bond acceptors (Lipinski definition) is 3. The van der Waals surface area contributed by atoms with E-state index in [1.807, 2.05) is 0 Å². The fraction of sp³-hybridized carbons (Fsp3) is 0.375. The predicted molar refractivity (Wildman–Crippen MR) is 65.8 cm³/mol. The van der Waals surface area contributed by atoms with Crippen molar-refractivity contribution in [3.8, 4) is 0 Å². The molecule has 0 saturated carbocycles. The number of H-pyrrole nitrogens is 1. The van der Waals surface area contributed by atoms with Crippen molar-refractivity contribution >= 4 is 35.8 Å². The highest BCUT2D eigenvalue weighted by Gasteiger charge is 2.12. The second kappa shape index (κ2) is 3.91. The molecule has 0 radical (unpaired) electrons. The number of aromatic amines is 1. The first-order chi connectivity index (χ1) is 6.95. The van der Waals surface area contributed by atoms with E-state index in [2.05, 4.69) is 4.98 Å². The number of halogens is 1. The first kappa shape index (κ1) is 12.7. The zero-order valence-corrected chi connectivity index (χ0v) is 10.6. The van der Waals surface area contributed by atoms with Crippen LogP contribution < -0.4 is 11.2 Å². The molecule has 0 saturated heterocycles. The van der Waals surface area contributed by atoms with Gasteiger partial charge in [-0.05, 0) is 12.2 Å². The van der Waals surface area contributed by atoms with Gasteiger partial charge in [-0.15, -0.1) is 12.4 Å². The SMILES string of the molecule is Cl.Cn1c(=O)c2c([nH]c(=S)n2C)n(C)c1=O. The number of aromatic nitrogens is 4. The topological polar surface area (TPSA) is 64.7 Å². The minimum Gasteiger partial charge on any atom is -0.316 e. The van der Waals surface area contributed by atoms with Gasteiger partial charge in [0.15, 0.2) is 10.3 Å². The molecule has 6 nitrogen and oxygen atoms in total. The predicted octanol–water partition coefficient (Wildman–Crippen LogP) is 0.0551. The molecule has 0 unspecified atom stereocenters. The van der Waals surface area contributed by atoms with Gasteiger partial charge >= 0.3 is 5.69 Å². The number of nitrogens with zero attached hydrogens (tertiary/aromatic N) is 3. The lowest BCUT2D eigenvalue weighted by Crippen LogP contribution is -2.37. The van der Waals surface area contributed by atoms with E-state index in [0.29, 0.717) is 15.9 Å². The molecule has 0 bridgehead atoms. The highest BCUT2D eigenvalue weighted by molar-refractivity contribution is 7.71. The Morgan fingerprint density at radius 1 is 1.06 bits per heavy atom. The van der Waals surface area contributed by atoms with Crippen LogP contribution in [0.1, 0.15) is 0 Å². The standard InChI is InChI=1S/C8H10N4O2S.ClH/c1-10-4-5(9-7(10)15)11(2)8(14)12(3)6(4)13;/h1-3H3,(H,9,15);1H. The van der Waals surface area contributed by atoms with Crippen molar-refractivity contribution in [3.63, 3.8) is 0 Å². The normalized spacial score (nSPS) is 10.4. The summed E-state index contributed by atoms with van der Waals surface area (Å²) in [5, 5.41) is 0. The molecule has 1 N–H and O–H groups in total. The summed E-state index contributed by atoms with van der Waals surface area (Å²) < 4.78 is 4.41. The average Bonchev–Trinajstić information content (AvgIpc) is 2.50. The second-order valence-electron chi connectivity index (χ2n) is 3.39. The van der Waals surface area contributed by atoms with Gasteiger partial charge in [-0.3, -0.25) is 13.9 Å². The van der Waals surface area contributed by atoms with E-state index in [9.17, 15) is 9.59 Å². The molecule has 88 valence electrons. The Morgan fingerprint density at radius 3 is 2.19 bits per heavy atom. The molecule has 2 rings (SSSR count). The number of imidazole rings is 1. The largest absolute Gasteiger partial charge is 0.332 e. The molecular formula is C8H11ClN4O2S. The van der Waals surface area contributed by atoms with Gasteiger partial charge in [0.05, 0.1) is 0 Å². The monoisotopic (exact) mass is 262 g/mol. The van der Waals surface area contributed by atoms with Crippen molar-refractivity contribution in [2.45, 2.75) is 0 Å². The van der Waals surface area contributed by atoms with E-state index in [0.717, 1.165) is 4.57 Å². The lowest BCUT2D eigenvalue weighted by molar-refractivity contribution is 0.705. The third-order valence-electron chi connectivity index (χ3n) is 2.51. The van der Waals surface area contributed by atoms with Crippen LogP contribution in [-0.2, 0) is 21.1 Å². The zero-order valence-electron chi connectivity index (χ0n) is 8.97. The third kappa shape index (κ3) is 1.43. The molecular weight excluding hydrogens is 252 g/mol. The number of fused-ring (bicyclic) bond motifs is 1. The molecule has 0 aliphatic carbocycles. The average molecular weight is 263 g/mol. The van der Waals surface area contributed by atoms with Crippen LogP contribution in [0.2, 0.25) is 0 Å². The number of nitrogens with one attached hydrogen (secondary N) is 1. The van der Waals surface area contributed by atoms with E-state index in [4.69, 9.17) is 12.2 Å². The van der Waals surface area contributed by atoms with Crippen LogP contribution in [-0.4, -0.2) is 18.7 Å². The molecule has 0 fully saturated rings. The van der Waals surface area contributed by atoms with E-state index < -0.39 is 0 Å². The van der Waals surface area contributed by atoms with Crippen molar-refractivity contribution < 1.29 is 0 Å². The maximum absolute atomic E-state index is 11.8. The van der Waals surface area contributed by atoms with Gasteiger partial charge in [0.25, 0.3) is 5.56 Å². The van der Waals surface area contributed by atoms with Crippen LogP contribution >= 0.6 is 24.6 Å². The third-order valence-corrected chi connectivity index (χ3v) is 2.88. The van der Waals surface area contributed by atoms with Gasteiger partial charge in [0.1, 0.15) is 5.65 Å². The van der Waals surface area contributed by atoms with Crippen LogP contribution in [0.25, 0.3) is 11.2 Å². The Hall–Kier alpha value is -1.34. The van der Waals surface area contributed by atoms with Crippen LogP contribution in [0.15, 0.2) is 9.59 Å². The van der Waals surface area contributed by atoms with E-state index in [1.54, 1.807) is 18.7 Å². The highest BCUT2D eigenvalue weighted by Crippen LogP contribution is 2.04. The molecule has 0 aliphatic heterocycles. The van der Waals surface area contributed by atoms with Crippen LogP contribution in [0.4, 0.5) is 0 Å². The molecule has 16 heavy (non-hydrogen) atoms. The van der Waals surface area contributed by atoms with Crippen molar-refractivity contribution in [1.82, 2.24) is 18.7 Å². The number of rotatable bonds is 0. The quantitative estimate of drug-likeness (QED) is 0.683. The molecule has 8 heteroatoms. The molecule has 0 spiro atoms. The fourth-order valence-electron chi connectivity index (χ4n) is 1.56. The van der Waals surface area contributed by atoms with Crippen molar-refractivity contribution in [3.05, 3.63) is 25.6 Å². The molecule has 2 aromatic rings. The smallest absolute Gasteiger partial charge is 0.316 e. The summed E-state index contributed by atoms with van der Waals surface area (Å²) in [7, 11) is 4.72. The first-order valence-corrected chi connectivity index (χ1v) is 4.70. The fourth-order valence-corrected chi connectivity index (χ4v) is 1.75. The Balaban J connectivity index is 0.00000128. The van der Waals surface area contributed by atoms with Crippen LogP contribution in [0, 0.1) is 4.77 Å². The molecule has 0 amide bonds. The maximum atomic E-state index is 11.8. The minimum atomic E-state index is -0.371. The number of aryl methyl sites for hydroxylation is 2. The maximum Gasteiger partial charge on any atom is 0.332 e. The Kier molecular flexibility index (Phi) is 3.11. The lowest BCUT2D eigenvalue weighted by Gasteiger charge is -2.03. The first-order valence-electron chi connectivity index (χ1n) is 4.30. The summed E-state index contributed by atoms with van der Waals surface area (Å²) in [6.45, 7) is 0. The second-order valence-corrected chi connectivity index (χ2v) is 3.78. The Labute approximate surface area is 102 Å². The minimum absolute atomic E-state index is 0. The highest BCUT2D eigenvalue weighted by atomic mass is 35.5. The van der Waals surface area contributed by atoms with Gasteiger partial charge in [0, 0.05) is 21.1 Å². The number of hydrogen-bond donors (Lipinski definition) is 1. The molecule has 0 aromatic carbocycles.